The zero-order valence-electron chi connectivity index (χ0n) is 14.8. The average Bonchev–Trinajstić information content (AvgIpc) is 3.31. The van der Waals surface area contributed by atoms with Crippen LogP contribution >= 0.6 is 11.3 Å². The van der Waals surface area contributed by atoms with E-state index in [2.05, 4.69) is 28.3 Å². The van der Waals surface area contributed by atoms with E-state index >= 15 is 0 Å². The van der Waals surface area contributed by atoms with Gasteiger partial charge in [-0.2, -0.15) is 10.2 Å². The monoisotopic (exact) mass is 371 g/mol. The summed E-state index contributed by atoms with van der Waals surface area (Å²) in [6, 6.07) is 7.78. The van der Waals surface area contributed by atoms with Crippen molar-refractivity contribution in [3.63, 3.8) is 0 Å². The van der Waals surface area contributed by atoms with Gasteiger partial charge in [0, 0.05) is 18.0 Å². The summed E-state index contributed by atoms with van der Waals surface area (Å²) in [6.07, 6.45) is 0.211. The van der Waals surface area contributed by atoms with Crippen LogP contribution in [0.2, 0.25) is 0 Å². The molecule has 1 aliphatic rings. The van der Waals surface area contributed by atoms with Gasteiger partial charge in [-0.15, -0.1) is 11.3 Å². The molecule has 0 bridgehead atoms. The maximum absolute atomic E-state index is 12.9. The number of carbonyl (C=O) groups excluding carboxylic acids is 1. The van der Waals surface area contributed by atoms with E-state index in [9.17, 15) is 9.90 Å². The molecule has 0 spiro atoms. The van der Waals surface area contributed by atoms with Gasteiger partial charge in [-0.05, 0) is 44.5 Å². The number of rotatable bonds is 3. The lowest BCUT2D eigenvalue weighted by Gasteiger charge is -2.18. The van der Waals surface area contributed by atoms with Crippen LogP contribution in [0.5, 0.6) is 0 Å². The summed E-state index contributed by atoms with van der Waals surface area (Å²) in [5.41, 5.74) is 2.87. The Morgan fingerprint density at radius 1 is 1.35 bits per heavy atom. The average molecular weight is 371 g/mol. The molecule has 0 radical (unpaired) electrons. The van der Waals surface area contributed by atoms with Crippen molar-refractivity contribution < 1.29 is 9.90 Å². The number of hydrogen-bond acceptors (Lipinski definition) is 5. The zero-order chi connectivity index (χ0) is 18.3. The highest BCUT2D eigenvalue weighted by Crippen LogP contribution is 2.27. The van der Waals surface area contributed by atoms with Crippen LogP contribution in [0.3, 0.4) is 0 Å². The van der Waals surface area contributed by atoms with E-state index in [-0.39, 0.29) is 5.91 Å². The number of aryl methyl sites for hydroxylation is 2. The Bertz CT molecular complexity index is 939. The van der Waals surface area contributed by atoms with E-state index in [1.54, 1.807) is 23.2 Å². The van der Waals surface area contributed by atoms with Gasteiger partial charge in [0.25, 0.3) is 5.91 Å². The van der Waals surface area contributed by atoms with Crippen molar-refractivity contribution in [2.75, 3.05) is 6.54 Å². The van der Waals surface area contributed by atoms with Gasteiger partial charge in [-0.25, -0.2) is 0 Å². The quantitative estimate of drug-likeness (QED) is 0.741. The fourth-order valence-corrected chi connectivity index (χ4v) is 3.99. The number of aromatic amines is 1. The molecule has 4 heterocycles. The topological polar surface area (TPSA) is 87.0 Å². The SMILES string of the molecule is Cc1ccc(-c2cc(C(=O)N3CCCn4nc(C(C)O)cc4C3)n[nH]2)s1. The van der Waals surface area contributed by atoms with Crippen LogP contribution in [0.25, 0.3) is 10.6 Å². The first kappa shape index (κ1) is 17.0. The van der Waals surface area contributed by atoms with E-state index < -0.39 is 6.10 Å². The molecule has 0 aromatic carbocycles. The standard InChI is InChI=1S/C18H21N5O2S/c1-11-4-5-17(26-11)15-9-16(20-19-15)18(25)22-6-3-7-23-13(10-22)8-14(21-23)12(2)24/h4-5,8-9,12,24H,3,6-7,10H2,1-2H3,(H,19,20). The van der Waals surface area contributed by atoms with Crippen molar-refractivity contribution in [2.45, 2.75) is 39.5 Å². The molecule has 3 aromatic heterocycles. The molecule has 7 nitrogen and oxygen atoms in total. The fourth-order valence-electron chi connectivity index (χ4n) is 3.16. The number of aliphatic hydroxyl groups excluding tert-OH is 1. The van der Waals surface area contributed by atoms with Gasteiger partial charge in [0.05, 0.1) is 34.6 Å². The molecule has 0 saturated carbocycles. The van der Waals surface area contributed by atoms with Gasteiger partial charge in [-0.3, -0.25) is 14.6 Å². The number of fused-ring (bicyclic) bond motifs is 1. The largest absolute Gasteiger partial charge is 0.387 e. The lowest BCUT2D eigenvalue weighted by atomic mass is 10.2. The minimum Gasteiger partial charge on any atom is -0.387 e. The maximum atomic E-state index is 12.9. The Hall–Kier alpha value is -2.45. The van der Waals surface area contributed by atoms with Crippen molar-refractivity contribution in [3.05, 3.63) is 46.2 Å². The summed E-state index contributed by atoms with van der Waals surface area (Å²) in [7, 11) is 0. The van der Waals surface area contributed by atoms with Gasteiger partial charge in [0.2, 0.25) is 0 Å². The number of aromatic nitrogens is 4. The van der Waals surface area contributed by atoms with Gasteiger partial charge in [-0.1, -0.05) is 0 Å². The molecule has 8 heteroatoms. The van der Waals surface area contributed by atoms with E-state index in [1.165, 1.54) is 4.88 Å². The van der Waals surface area contributed by atoms with E-state index in [4.69, 9.17) is 0 Å². The highest BCUT2D eigenvalue weighted by atomic mass is 32.1. The Labute approximate surface area is 155 Å². The smallest absolute Gasteiger partial charge is 0.274 e. The Morgan fingerprint density at radius 3 is 2.92 bits per heavy atom. The van der Waals surface area contributed by atoms with Crippen LogP contribution in [0.4, 0.5) is 0 Å². The van der Waals surface area contributed by atoms with Gasteiger partial charge in [0.1, 0.15) is 0 Å². The lowest BCUT2D eigenvalue weighted by molar-refractivity contribution is 0.0739. The maximum Gasteiger partial charge on any atom is 0.274 e. The number of nitrogens with one attached hydrogen (secondary N) is 1. The molecule has 0 fully saturated rings. The minimum atomic E-state index is -0.610. The summed E-state index contributed by atoms with van der Waals surface area (Å²) < 4.78 is 1.89. The summed E-state index contributed by atoms with van der Waals surface area (Å²) in [4.78, 5) is 17.0. The first-order valence-corrected chi connectivity index (χ1v) is 9.49. The number of carbonyl (C=O) groups is 1. The minimum absolute atomic E-state index is 0.0889. The molecule has 1 amide bonds. The van der Waals surface area contributed by atoms with Crippen molar-refractivity contribution in [1.82, 2.24) is 24.9 Å². The van der Waals surface area contributed by atoms with Crippen molar-refractivity contribution in [1.29, 1.82) is 0 Å². The molecule has 1 aliphatic heterocycles. The summed E-state index contributed by atoms with van der Waals surface area (Å²) in [5, 5.41) is 21.4. The highest BCUT2D eigenvalue weighted by molar-refractivity contribution is 7.15. The van der Waals surface area contributed by atoms with Crippen LogP contribution < -0.4 is 0 Å². The second-order valence-corrected chi connectivity index (χ2v) is 7.90. The summed E-state index contributed by atoms with van der Waals surface area (Å²) in [5.74, 6) is -0.0889. The number of H-pyrrole nitrogens is 1. The molecule has 0 aliphatic carbocycles. The highest BCUT2D eigenvalue weighted by Gasteiger charge is 2.24. The van der Waals surface area contributed by atoms with Gasteiger partial charge < -0.3 is 10.0 Å². The molecule has 4 rings (SSSR count). The first-order chi connectivity index (χ1) is 12.5. The molecule has 1 unspecified atom stereocenters. The fraction of sp³-hybridized carbons (Fsp3) is 0.389. The van der Waals surface area contributed by atoms with Crippen LogP contribution in [0.1, 0.15) is 46.2 Å². The Kier molecular flexibility index (Phi) is 4.37. The lowest BCUT2D eigenvalue weighted by Crippen LogP contribution is -2.31. The molecule has 1 atom stereocenters. The third-order valence-electron chi connectivity index (χ3n) is 4.55. The van der Waals surface area contributed by atoms with Crippen molar-refractivity contribution >= 4 is 17.2 Å². The van der Waals surface area contributed by atoms with Crippen molar-refractivity contribution in [2.24, 2.45) is 0 Å². The third-order valence-corrected chi connectivity index (χ3v) is 5.59. The third kappa shape index (κ3) is 3.17. The second kappa shape index (κ2) is 6.69. The molecular weight excluding hydrogens is 350 g/mol. The van der Waals surface area contributed by atoms with Crippen LogP contribution in [-0.4, -0.2) is 42.4 Å². The predicted octanol–water partition coefficient (Wildman–Crippen LogP) is 2.74. The Morgan fingerprint density at radius 2 is 2.19 bits per heavy atom. The van der Waals surface area contributed by atoms with Crippen LogP contribution in [-0.2, 0) is 13.1 Å². The van der Waals surface area contributed by atoms with E-state index in [0.717, 1.165) is 29.2 Å². The predicted molar refractivity (Wildman–Crippen MR) is 98.9 cm³/mol. The number of nitrogens with zero attached hydrogens (tertiary/aromatic N) is 4. The van der Waals surface area contributed by atoms with Crippen molar-refractivity contribution in [3.8, 4) is 10.6 Å². The van der Waals surface area contributed by atoms with Gasteiger partial charge in [0.15, 0.2) is 5.69 Å². The van der Waals surface area contributed by atoms with Crippen LogP contribution in [0, 0.1) is 6.92 Å². The van der Waals surface area contributed by atoms with Gasteiger partial charge >= 0.3 is 0 Å². The normalized spacial score (nSPS) is 15.6. The molecule has 26 heavy (non-hydrogen) atoms. The first-order valence-electron chi connectivity index (χ1n) is 8.67. The number of thiophene rings is 1. The van der Waals surface area contributed by atoms with E-state index in [0.29, 0.717) is 24.5 Å². The second-order valence-electron chi connectivity index (χ2n) is 6.62. The molecule has 136 valence electrons. The number of amides is 1. The summed E-state index contributed by atoms with van der Waals surface area (Å²) >= 11 is 1.67. The van der Waals surface area contributed by atoms with E-state index in [1.807, 2.05) is 22.9 Å². The summed E-state index contributed by atoms with van der Waals surface area (Å²) in [6.45, 7) is 5.62. The molecule has 0 saturated heterocycles. The Balaban J connectivity index is 1.55. The zero-order valence-corrected chi connectivity index (χ0v) is 15.6. The number of hydrogen-bond donors (Lipinski definition) is 2. The van der Waals surface area contributed by atoms with Crippen LogP contribution in [0.15, 0.2) is 24.3 Å². The number of aliphatic hydroxyl groups is 1. The molecular formula is C18H21N5O2S. The molecule has 2 N–H and O–H groups in total. The molecule has 3 aromatic rings.